The summed E-state index contributed by atoms with van der Waals surface area (Å²) >= 11 is 0. The van der Waals surface area contributed by atoms with E-state index in [0.29, 0.717) is 0 Å². The SMILES string of the molecule is CC1(C)OB(C2=CC3Oc4c(cc(-n5c6cc7ccccc7cc6c6ccc7ccccc7c65)c5ccccc45)C3C=C2)OC1(C)C. The van der Waals surface area contributed by atoms with Gasteiger partial charge >= 0.3 is 7.12 Å². The molecule has 3 aliphatic rings. The van der Waals surface area contributed by atoms with Crippen molar-refractivity contribution in [2.24, 2.45) is 0 Å². The van der Waals surface area contributed by atoms with Crippen molar-refractivity contribution in [2.75, 3.05) is 0 Å². The maximum Gasteiger partial charge on any atom is 0.494 e. The predicted octanol–water partition coefficient (Wildman–Crippen LogP) is 10.2. The molecule has 0 amide bonds. The molecule has 2 unspecified atom stereocenters. The Hall–Kier alpha value is -4.84. The van der Waals surface area contributed by atoms with E-state index in [1.807, 2.05) is 0 Å². The summed E-state index contributed by atoms with van der Waals surface area (Å²) in [6.45, 7) is 8.39. The lowest BCUT2D eigenvalue weighted by Crippen LogP contribution is -2.41. The number of aromatic nitrogens is 1. The lowest BCUT2D eigenvalue weighted by Gasteiger charge is -2.32. The zero-order valence-corrected chi connectivity index (χ0v) is 27.0. The molecule has 228 valence electrons. The zero-order valence-electron chi connectivity index (χ0n) is 27.0. The van der Waals surface area contributed by atoms with Crippen LogP contribution in [-0.4, -0.2) is 29.0 Å². The van der Waals surface area contributed by atoms with E-state index >= 15 is 0 Å². The standard InChI is InChI=1S/C42H34BNO3/c1-41(2)42(3,4)47-43(46-41)28-18-20-31-35-24-37(30-15-9-10-16-33(30)40(35)45-38(31)23-28)44-36-22-27-13-6-5-12-26(27)21-34(36)32-19-17-25-11-7-8-14-29(25)39(32)44/h5-24,31,38H,1-4H3. The predicted molar refractivity (Wildman–Crippen MR) is 194 cm³/mol. The van der Waals surface area contributed by atoms with E-state index in [4.69, 9.17) is 14.0 Å². The number of allylic oxidation sites excluding steroid dienone is 2. The first-order valence-electron chi connectivity index (χ1n) is 16.6. The van der Waals surface area contributed by atoms with Crippen LogP contribution in [-0.2, 0) is 9.31 Å². The average molecular weight is 612 g/mol. The van der Waals surface area contributed by atoms with Crippen LogP contribution in [0.1, 0.15) is 39.2 Å². The van der Waals surface area contributed by atoms with Crippen molar-refractivity contribution >= 4 is 61.2 Å². The highest BCUT2D eigenvalue weighted by molar-refractivity contribution is 6.55. The van der Waals surface area contributed by atoms with Gasteiger partial charge < -0.3 is 18.6 Å². The molecule has 1 aliphatic carbocycles. The smallest absolute Gasteiger partial charge is 0.484 e. The largest absolute Gasteiger partial charge is 0.494 e. The lowest BCUT2D eigenvalue weighted by molar-refractivity contribution is 0.00578. The first-order chi connectivity index (χ1) is 22.8. The molecular formula is C42H34BNO3. The molecule has 6 aromatic carbocycles. The molecule has 0 bridgehead atoms. The molecule has 3 heterocycles. The van der Waals surface area contributed by atoms with Crippen LogP contribution < -0.4 is 4.74 Å². The van der Waals surface area contributed by atoms with Crippen molar-refractivity contribution in [1.82, 2.24) is 4.57 Å². The Labute approximate surface area is 274 Å². The Bertz CT molecular complexity index is 2520. The number of fused-ring (bicyclic) bond motifs is 11. The molecule has 47 heavy (non-hydrogen) atoms. The van der Waals surface area contributed by atoms with Gasteiger partial charge in [0.15, 0.2) is 0 Å². The number of ether oxygens (including phenoxy) is 1. The molecule has 0 spiro atoms. The molecule has 0 N–H and O–H groups in total. The van der Waals surface area contributed by atoms with Crippen LogP contribution in [0.25, 0.3) is 59.8 Å². The summed E-state index contributed by atoms with van der Waals surface area (Å²) in [6.07, 6.45) is 6.54. The molecular weight excluding hydrogens is 577 g/mol. The lowest BCUT2D eigenvalue weighted by atomic mass is 9.73. The highest BCUT2D eigenvalue weighted by atomic mass is 16.7. The van der Waals surface area contributed by atoms with Crippen LogP contribution in [0.2, 0.25) is 0 Å². The quantitative estimate of drug-likeness (QED) is 0.182. The topological polar surface area (TPSA) is 32.6 Å². The van der Waals surface area contributed by atoms with Gasteiger partial charge in [-0.2, -0.15) is 0 Å². The van der Waals surface area contributed by atoms with Crippen LogP contribution >= 0.6 is 0 Å². The van der Waals surface area contributed by atoms with Gasteiger partial charge in [-0.3, -0.25) is 0 Å². The molecule has 10 rings (SSSR count). The molecule has 1 saturated heterocycles. The third kappa shape index (κ3) is 3.78. The van der Waals surface area contributed by atoms with Crippen LogP contribution in [0.4, 0.5) is 0 Å². The van der Waals surface area contributed by atoms with Crippen LogP contribution in [0.5, 0.6) is 5.75 Å². The summed E-state index contributed by atoms with van der Waals surface area (Å²) in [5, 5.41) is 9.78. The van der Waals surface area contributed by atoms with Crippen molar-refractivity contribution < 1.29 is 14.0 Å². The van der Waals surface area contributed by atoms with E-state index < -0.39 is 18.3 Å². The zero-order chi connectivity index (χ0) is 31.7. The van der Waals surface area contributed by atoms with Gasteiger partial charge in [0.05, 0.1) is 27.9 Å². The van der Waals surface area contributed by atoms with E-state index in [1.165, 1.54) is 60.0 Å². The molecule has 0 saturated carbocycles. The minimum Gasteiger partial charge on any atom is -0.484 e. The minimum absolute atomic E-state index is 0.0881. The first kappa shape index (κ1) is 27.3. The van der Waals surface area contributed by atoms with Gasteiger partial charge in [-0.05, 0) is 73.6 Å². The Morgan fingerprint density at radius 1 is 0.638 bits per heavy atom. The maximum atomic E-state index is 6.85. The molecule has 2 atom stereocenters. The summed E-state index contributed by atoms with van der Waals surface area (Å²) in [7, 11) is -0.419. The normalized spacial score (nSPS) is 21.1. The third-order valence-corrected chi connectivity index (χ3v) is 11.1. The molecule has 0 radical (unpaired) electrons. The van der Waals surface area contributed by atoms with E-state index in [2.05, 4.69) is 154 Å². The van der Waals surface area contributed by atoms with Crippen molar-refractivity contribution in [3.8, 4) is 11.4 Å². The molecule has 4 nitrogen and oxygen atoms in total. The minimum atomic E-state index is -0.419. The fourth-order valence-electron chi connectivity index (χ4n) is 7.96. The van der Waals surface area contributed by atoms with Gasteiger partial charge in [0.25, 0.3) is 0 Å². The summed E-state index contributed by atoms with van der Waals surface area (Å²) in [6, 6.07) is 37.8. The van der Waals surface area contributed by atoms with Gasteiger partial charge in [0.1, 0.15) is 11.9 Å². The summed E-state index contributed by atoms with van der Waals surface area (Å²) < 4.78 is 22.2. The van der Waals surface area contributed by atoms with Crippen molar-refractivity contribution in [2.45, 2.75) is 50.9 Å². The van der Waals surface area contributed by atoms with Gasteiger partial charge in [-0.15, -0.1) is 0 Å². The maximum absolute atomic E-state index is 6.85. The fourth-order valence-corrected chi connectivity index (χ4v) is 7.96. The van der Waals surface area contributed by atoms with Crippen molar-refractivity contribution in [1.29, 1.82) is 0 Å². The molecule has 1 aromatic heterocycles. The molecule has 2 aliphatic heterocycles. The monoisotopic (exact) mass is 611 g/mol. The Morgan fingerprint density at radius 2 is 1.30 bits per heavy atom. The summed E-state index contributed by atoms with van der Waals surface area (Å²) in [5.74, 6) is 1.05. The Morgan fingerprint density at radius 3 is 2.06 bits per heavy atom. The Kier molecular flexibility index (Phi) is 5.44. The second kappa shape index (κ2) is 9.37. The van der Waals surface area contributed by atoms with E-state index in [-0.39, 0.29) is 12.0 Å². The second-order valence-corrected chi connectivity index (χ2v) is 14.3. The van der Waals surface area contributed by atoms with Gasteiger partial charge in [-0.25, -0.2) is 0 Å². The Balaban J connectivity index is 1.21. The molecule has 5 heteroatoms. The van der Waals surface area contributed by atoms with Crippen molar-refractivity contribution in [3.63, 3.8) is 0 Å². The number of hydrogen-bond acceptors (Lipinski definition) is 3. The highest BCUT2D eigenvalue weighted by Gasteiger charge is 2.53. The van der Waals surface area contributed by atoms with E-state index in [1.54, 1.807) is 0 Å². The van der Waals surface area contributed by atoms with Gasteiger partial charge in [0.2, 0.25) is 0 Å². The highest BCUT2D eigenvalue weighted by Crippen LogP contribution is 2.50. The number of rotatable bonds is 2. The average Bonchev–Trinajstić information content (AvgIpc) is 3.68. The number of hydrogen-bond donors (Lipinski definition) is 0. The van der Waals surface area contributed by atoms with E-state index in [9.17, 15) is 0 Å². The van der Waals surface area contributed by atoms with E-state index in [0.717, 1.165) is 16.6 Å². The molecule has 7 aromatic rings. The first-order valence-corrected chi connectivity index (χ1v) is 16.6. The fraction of sp³-hybridized carbons (Fsp3) is 0.190. The van der Waals surface area contributed by atoms with Crippen LogP contribution in [0, 0.1) is 0 Å². The van der Waals surface area contributed by atoms with Gasteiger partial charge in [0, 0.05) is 38.4 Å². The summed E-state index contributed by atoms with van der Waals surface area (Å²) in [4.78, 5) is 0. The van der Waals surface area contributed by atoms with Gasteiger partial charge in [-0.1, -0.05) is 97.1 Å². The number of nitrogens with zero attached hydrogens (tertiary/aromatic N) is 1. The summed E-state index contributed by atoms with van der Waals surface area (Å²) in [5.41, 5.74) is 5.04. The second-order valence-electron chi connectivity index (χ2n) is 14.3. The number of benzene rings is 6. The van der Waals surface area contributed by atoms with Crippen molar-refractivity contribution in [3.05, 3.63) is 132 Å². The van der Waals surface area contributed by atoms with Crippen LogP contribution in [0.15, 0.2) is 127 Å². The molecule has 1 fully saturated rings. The van der Waals surface area contributed by atoms with Crippen LogP contribution in [0.3, 0.4) is 0 Å². The third-order valence-electron chi connectivity index (χ3n) is 11.1.